The molecule has 2 aromatic rings. The number of benzene rings is 2. The molecule has 0 fully saturated rings. The second-order valence-electron chi connectivity index (χ2n) is 5.63. The number of halogens is 2. The minimum Gasteiger partial charge on any atom is -0.484 e. The van der Waals surface area contributed by atoms with E-state index in [9.17, 15) is 9.59 Å². The summed E-state index contributed by atoms with van der Waals surface area (Å²) in [6.45, 7) is 3.42. The van der Waals surface area contributed by atoms with Crippen molar-refractivity contribution >= 4 is 46.4 Å². The molecule has 2 rings (SSSR count). The first-order chi connectivity index (χ1) is 11.8. The zero-order chi connectivity index (χ0) is 18.4. The van der Waals surface area contributed by atoms with Crippen molar-refractivity contribution in [2.45, 2.75) is 13.8 Å². The number of hydrogen-bond acceptors (Lipinski definition) is 3. The molecular formula is C18H18Cl2N2O3. The highest BCUT2D eigenvalue weighted by atomic mass is 35.5. The standard InChI is InChI=1S/C18H18Cl2N2O3/c1-11(2)18(24)21-13-4-3-5-14(9-13)25-10-17(23)22-16-7-6-12(19)8-15(16)20/h3-9,11H,10H2,1-2H3,(H,21,24)(H,22,23). The molecule has 0 unspecified atom stereocenters. The van der Waals surface area contributed by atoms with Crippen LogP contribution in [0, 0.1) is 5.92 Å². The normalized spacial score (nSPS) is 10.4. The maximum Gasteiger partial charge on any atom is 0.262 e. The molecule has 0 bridgehead atoms. The largest absolute Gasteiger partial charge is 0.484 e. The number of carbonyl (C=O) groups is 2. The Hall–Kier alpha value is -2.24. The number of anilines is 2. The van der Waals surface area contributed by atoms with E-state index < -0.39 is 0 Å². The molecule has 0 aliphatic heterocycles. The fourth-order valence-corrected chi connectivity index (χ4v) is 2.33. The predicted molar refractivity (Wildman–Crippen MR) is 100 cm³/mol. The quantitative estimate of drug-likeness (QED) is 0.768. The van der Waals surface area contributed by atoms with Crippen LogP contribution in [0.4, 0.5) is 11.4 Å². The molecule has 25 heavy (non-hydrogen) atoms. The van der Waals surface area contributed by atoms with Gasteiger partial charge in [0.2, 0.25) is 5.91 Å². The van der Waals surface area contributed by atoms with Gasteiger partial charge in [0.15, 0.2) is 6.61 Å². The van der Waals surface area contributed by atoms with E-state index in [0.29, 0.717) is 27.2 Å². The van der Waals surface area contributed by atoms with Crippen LogP contribution in [0.2, 0.25) is 10.0 Å². The summed E-state index contributed by atoms with van der Waals surface area (Å²) in [6, 6.07) is 11.6. The third-order valence-electron chi connectivity index (χ3n) is 3.20. The van der Waals surface area contributed by atoms with Gasteiger partial charge in [-0.25, -0.2) is 0 Å². The van der Waals surface area contributed by atoms with Gasteiger partial charge in [-0.3, -0.25) is 9.59 Å². The van der Waals surface area contributed by atoms with Gasteiger partial charge in [-0.1, -0.05) is 43.1 Å². The van der Waals surface area contributed by atoms with Crippen molar-refractivity contribution in [2.75, 3.05) is 17.2 Å². The van der Waals surface area contributed by atoms with Gasteiger partial charge in [0, 0.05) is 22.7 Å². The zero-order valence-electron chi connectivity index (χ0n) is 13.8. The van der Waals surface area contributed by atoms with Crippen molar-refractivity contribution in [3.63, 3.8) is 0 Å². The summed E-state index contributed by atoms with van der Waals surface area (Å²) in [7, 11) is 0. The first-order valence-corrected chi connectivity index (χ1v) is 8.39. The highest BCUT2D eigenvalue weighted by molar-refractivity contribution is 6.36. The van der Waals surface area contributed by atoms with Crippen LogP contribution in [0.1, 0.15) is 13.8 Å². The Kier molecular flexibility index (Phi) is 6.67. The van der Waals surface area contributed by atoms with Crippen LogP contribution in [0.5, 0.6) is 5.75 Å². The summed E-state index contributed by atoms with van der Waals surface area (Å²) in [5.74, 6) is -0.105. The topological polar surface area (TPSA) is 67.4 Å². The van der Waals surface area contributed by atoms with Gasteiger partial charge >= 0.3 is 0 Å². The molecule has 0 saturated carbocycles. The Morgan fingerprint density at radius 3 is 2.52 bits per heavy atom. The molecule has 0 aliphatic carbocycles. The van der Waals surface area contributed by atoms with Crippen molar-refractivity contribution in [3.8, 4) is 5.75 Å². The van der Waals surface area contributed by atoms with Crippen molar-refractivity contribution in [3.05, 3.63) is 52.5 Å². The van der Waals surface area contributed by atoms with Gasteiger partial charge in [0.1, 0.15) is 5.75 Å². The van der Waals surface area contributed by atoms with E-state index in [1.807, 2.05) is 13.8 Å². The lowest BCUT2D eigenvalue weighted by Gasteiger charge is -2.11. The van der Waals surface area contributed by atoms with Crippen LogP contribution < -0.4 is 15.4 Å². The lowest BCUT2D eigenvalue weighted by atomic mass is 10.2. The van der Waals surface area contributed by atoms with Crippen LogP contribution in [-0.4, -0.2) is 18.4 Å². The number of carbonyl (C=O) groups excluding carboxylic acids is 2. The SMILES string of the molecule is CC(C)C(=O)Nc1cccc(OCC(=O)Nc2ccc(Cl)cc2Cl)c1. The fourth-order valence-electron chi connectivity index (χ4n) is 1.88. The van der Waals surface area contributed by atoms with E-state index in [1.165, 1.54) is 0 Å². The molecule has 7 heteroatoms. The number of amides is 2. The van der Waals surface area contributed by atoms with Crippen LogP contribution >= 0.6 is 23.2 Å². The van der Waals surface area contributed by atoms with Gasteiger partial charge in [-0.05, 0) is 30.3 Å². The average Bonchev–Trinajstić information content (AvgIpc) is 2.56. The van der Waals surface area contributed by atoms with Crippen molar-refractivity contribution in [1.82, 2.24) is 0 Å². The number of hydrogen-bond donors (Lipinski definition) is 2. The van der Waals surface area contributed by atoms with Crippen molar-refractivity contribution in [2.24, 2.45) is 5.92 Å². The van der Waals surface area contributed by atoms with Crippen LogP contribution in [0.25, 0.3) is 0 Å². The highest BCUT2D eigenvalue weighted by Gasteiger charge is 2.09. The molecule has 5 nitrogen and oxygen atoms in total. The predicted octanol–water partition coefficient (Wildman–Crippen LogP) is 4.61. The molecule has 0 saturated heterocycles. The number of nitrogens with one attached hydrogen (secondary N) is 2. The van der Waals surface area contributed by atoms with Gasteiger partial charge in [-0.15, -0.1) is 0 Å². The monoisotopic (exact) mass is 380 g/mol. The fraction of sp³-hybridized carbons (Fsp3) is 0.222. The summed E-state index contributed by atoms with van der Waals surface area (Å²) in [5.41, 5.74) is 1.06. The Balaban J connectivity index is 1.92. The molecular weight excluding hydrogens is 363 g/mol. The second kappa shape index (κ2) is 8.74. The van der Waals surface area contributed by atoms with Crippen molar-refractivity contribution < 1.29 is 14.3 Å². The van der Waals surface area contributed by atoms with Gasteiger partial charge in [0.25, 0.3) is 5.91 Å². The summed E-state index contributed by atoms with van der Waals surface area (Å²) >= 11 is 11.8. The third-order valence-corrected chi connectivity index (χ3v) is 3.75. The summed E-state index contributed by atoms with van der Waals surface area (Å²) in [4.78, 5) is 23.7. The van der Waals surface area contributed by atoms with E-state index in [4.69, 9.17) is 27.9 Å². The molecule has 2 aromatic carbocycles. The van der Waals surface area contributed by atoms with Crippen LogP contribution in [-0.2, 0) is 9.59 Å². The third kappa shape index (κ3) is 5.96. The molecule has 0 radical (unpaired) electrons. The number of rotatable bonds is 6. The smallest absolute Gasteiger partial charge is 0.262 e. The minimum atomic E-state index is -0.360. The summed E-state index contributed by atoms with van der Waals surface area (Å²) in [5, 5.41) is 6.25. The Bertz CT molecular complexity index is 779. The maximum atomic E-state index is 12.0. The molecule has 2 N–H and O–H groups in total. The highest BCUT2D eigenvalue weighted by Crippen LogP contribution is 2.25. The van der Waals surface area contributed by atoms with E-state index in [1.54, 1.807) is 42.5 Å². The molecule has 0 aromatic heterocycles. The summed E-state index contributed by atoms with van der Waals surface area (Å²) < 4.78 is 5.45. The first-order valence-electron chi connectivity index (χ1n) is 7.64. The Morgan fingerprint density at radius 1 is 1.08 bits per heavy atom. The lowest BCUT2D eigenvalue weighted by molar-refractivity contribution is -0.119. The Labute approximate surface area is 156 Å². The van der Waals surface area contributed by atoms with Crippen LogP contribution in [0.15, 0.2) is 42.5 Å². The lowest BCUT2D eigenvalue weighted by Crippen LogP contribution is -2.20. The van der Waals surface area contributed by atoms with Crippen LogP contribution in [0.3, 0.4) is 0 Å². The number of ether oxygens (including phenoxy) is 1. The van der Waals surface area contributed by atoms with Gasteiger partial charge < -0.3 is 15.4 Å². The first kappa shape index (κ1) is 19.1. The second-order valence-corrected chi connectivity index (χ2v) is 6.48. The van der Waals surface area contributed by atoms with E-state index in [-0.39, 0.29) is 24.3 Å². The van der Waals surface area contributed by atoms with Crippen molar-refractivity contribution in [1.29, 1.82) is 0 Å². The van der Waals surface area contributed by atoms with Gasteiger partial charge in [-0.2, -0.15) is 0 Å². The maximum absolute atomic E-state index is 12.0. The average molecular weight is 381 g/mol. The van der Waals surface area contributed by atoms with E-state index in [2.05, 4.69) is 10.6 Å². The molecule has 0 aliphatic rings. The van der Waals surface area contributed by atoms with Gasteiger partial charge in [0.05, 0.1) is 10.7 Å². The minimum absolute atomic E-state index is 0.0905. The summed E-state index contributed by atoms with van der Waals surface area (Å²) in [6.07, 6.45) is 0. The van der Waals surface area contributed by atoms with E-state index in [0.717, 1.165) is 0 Å². The molecule has 0 spiro atoms. The van der Waals surface area contributed by atoms with E-state index >= 15 is 0 Å². The molecule has 0 heterocycles. The zero-order valence-corrected chi connectivity index (χ0v) is 15.3. The molecule has 2 amide bonds. The molecule has 132 valence electrons. The molecule has 0 atom stereocenters. The Morgan fingerprint density at radius 2 is 1.84 bits per heavy atom.